The lowest BCUT2D eigenvalue weighted by Gasteiger charge is -2.19. The predicted octanol–water partition coefficient (Wildman–Crippen LogP) is 4.10. The zero-order chi connectivity index (χ0) is 24.4. The van der Waals surface area contributed by atoms with Crippen LogP contribution in [0, 0.1) is 25.2 Å². The van der Waals surface area contributed by atoms with Crippen molar-refractivity contribution >= 4 is 46.1 Å². The number of carbonyl (C=O) groups is 2. The molecule has 1 aliphatic heterocycles. The molecule has 1 amide bonds. The molecule has 9 heteroatoms. The van der Waals surface area contributed by atoms with Crippen LogP contribution in [0.15, 0.2) is 34.0 Å². The minimum absolute atomic E-state index is 0.0241. The number of nitrogens with zero attached hydrogens (tertiary/aromatic N) is 3. The molecule has 0 atom stereocenters. The molecule has 1 aromatic carbocycles. The highest BCUT2D eigenvalue weighted by Gasteiger charge is 2.33. The Bertz CT molecular complexity index is 1280. The number of aromatic nitrogens is 1. The summed E-state index contributed by atoms with van der Waals surface area (Å²) in [6, 6.07) is 9.10. The summed E-state index contributed by atoms with van der Waals surface area (Å²) in [5.41, 5.74) is 1.21. The lowest BCUT2D eigenvalue weighted by Crippen LogP contribution is -2.31. The van der Waals surface area contributed by atoms with Crippen LogP contribution >= 0.6 is 24.0 Å². The Labute approximate surface area is 201 Å². The third-order valence-electron chi connectivity index (χ3n) is 5.35. The van der Waals surface area contributed by atoms with Crippen molar-refractivity contribution in [3.63, 3.8) is 0 Å². The Morgan fingerprint density at radius 3 is 2.45 bits per heavy atom. The fourth-order valence-corrected chi connectivity index (χ4v) is 4.89. The minimum Gasteiger partial charge on any atom is -0.494 e. The van der Waals surface area contributed by atoms with Crippen molar-refractivity contribution in [3.05, 3.63) is 67.3 Å². The highest BCUT2D eigenvalue weighted by molar-refractivity contribution is 8.26. The van der Waals surface area contributed by atoms with Crippen LogP contribution in [0.25, 0.3) is 6.08 Å². The van der Waals surface area contributed by atoms with E-state index in [1.807, 2.05) is 37.3 Å². The number of carbonyl (C=O) groups excluding carboxylic acids is 2. The second kappa shape index (κ2) is 9.73. The molecule has 7 nitrogen and oxygen atoms in total. The molecule has 1 saturated heterocycles. The maximum atomic E-state index is 13.0. The van der Waals surface area contributed by atoms with E-state index in [1.54, 1.807) is 19.9 Å². The van der Waals surface area contributed by atoms with Gasteiger partial charge in [-0.1, -0.05) is 53.8 Å². The third-order valence-corrected chi connectivity index (χ3v) is 6.73. The number of Topliss-reactive ketones (excluding diaryl/α,β-unsaturated/α-hetero) is 1. The van der Waals surface area contributed by atoms with Gasteiger partial charge in [-0.15, -0.1) is 0 Å². The van der Waals surface area contributed by atoms with E-state index in [9.17, 15) is 24.8 Å². The smallest absolute Gasteiger partial charge is 0.271 e. The summed E-state index contributed by atoms with van der Waals surface area (Å²) in [7, 11) is 0. The van der Waals surface area contributed by atoms with Gasteiger partial charge in [0, 0.05) is 19.0 Å². The van der Waals surface area contributed by atoms with E-state index in [0.717, 1.165) is 15.7 Å². The SMILES string of the molecule is Cc1ccc(/C=C2\SC(=S)N(CCC(=O)c3c(C)c(C#N)c(=O)n(C(C)C)c3O)C2=O)cc1. The molecule has 0 saturated carbocycles. The van der Waals surface area contributed by atoms with Gasteiger partial charge in [0.1, 0.15) is 16.0 Å². The number of ketones is 1. The summed E-state index contributed by atoms with van der Waals surface area (Å²) in [6.07, 6.45) is 1.63. The van der Waals surface area contributed by atoms with E-state index in [1.165, 1.54) is 23.6 Å². The lowest BCUT2D eigenvalue weighted by atomic mass is 9.99. The molecule has 2 aromatic rings. The Kier molecular flexibility index (Phi) is 7.20. The van der Waals surface area contributed by atoms with Crippen LogP contribution in [0.3, 0.4) is 0 Å². The molecule has 0 radical (unpaired) electrons. The second-order valence-electron chi connectivity index (χ2n) is 8.00. The van der Waals surface area contributed by atoms with E-state index >= 15 is 0 Å². The van der Waals surface area contributed by atoms with Crippen molar-refractivity contribution in [2.24, 2.45) is 0 Å². The van der Waals surface area contributed by atoms with Crippen molar-refractivity contribution in [3.8, 4) is 11.9 Å². The monoisotopic (exact) mass is 481 g/mol. The highest BCUT2D eigenvalue weighted by atomic mass is 32.2. The predicted molar refractivity (Wildman–Crippen MR) is 132 cm³/mol. The molecule has 1 N–H and O–H groups in total. The van der Waals surface area contributed by atoms with E-state index in [-0.39, 0.29) is 35.6 Å². The number of thioether (sulfide) groups is 1. The number of pyridine rings is 1. The van der Waals surface area contributed by atoms with Gasteiger partial charge in [0.15, 0.2) is 5.78 Å². The Morgan fingerprint density at radius 2 is 1.88 bits per heavy atom. The van der Waals surface area contributed by atoms with Crippen LogP contribution in [0.5, 0.6) is 5.88 Å². The standard InChI is InChI=1S/C24H23N3O4S2/c1-13(2)27-21(29)17(12-25)15(4)20(23(27)31)18(28)9-10-26-22(30)19(33-24(26)32)11-16-7-5-14(3)6-8-16/h5-8,11,13,31H,9-10H2,1-4H3/b19-11-. The van der Waals surface area contributed by atoms with Crippen LogP contribution < -0.4 is 5.56 Å². The molecule has 2 heterocycles. The number of aryl methyl sites for hydroxylation is 1. The van der Waals surface area contributed by atoms with Crippen LogP contribution in [-0.2, 0) is 4.79 Å². The number of benzene rings is 1. The summed E-state index contributed by atoms with van der Waals surface area (Å²) < 4.78 is 1.37. The topological polar surface area (TPSA) is 103 Å². The van der Waals surface area contributed by atoms with Crippen LogP contribution in [0.4, 0.5) is 0 Å². The lowest BCUT2D eigenvalue weighted by molar-refractivity contribution is -0.122. The van der Waals surface area contributed by atoms with E-state index in [4.69, 9.17) is 12.2 Å². The van der Waals surface area contributed by atoms with Crippen molar-refractivity contribution < 1.29 is 14.7 Å². The molecule has 1 aliphatic rings. The first-order valence-electron chi connectivity index (χ1n) is 10.3. The number of nitriles is 1. The number of aromatic hydroxyl groups is 1. The molecule has 0 aliphatic carbocycles. The molecule has 33 heavy (non-hydrogen) atoms. The quantitative estimate of drug-likeness (QED) is 0.376. The fraction of sp³-hybridized carbons (Fsp3) is 0.292. The maximum Gasteiger partial charge on any atom is 0.271 e. The zero-order valence-corrected chi connectivity index (χ0v) is 20.3. The Hall–Kier alpha value is -3.22. The van der Waals surface area contributed by atoms with E-state index < -0.39 is 23.3 Å². The maximum absolute atomic E-state index is 13.0. The van der Waals surface area contributed by atoms with Gasteiger partial charge in [-0.3, -0.25) is 23.9 Å². The van der Waals surface area contributed by atoms with Crippen molar-refractivity contribution in [2.75, 3.05) is 6.54 Å². The first-order valence-corrected chi connectivity index (χ1v) is 11.5. The molecule has 0 unspecified atom stereocenters. The fourth-order valence-electron chi connectivity index (χ4n) is 3.58. The molecule has 170 valence electrons. The van der Waals surface area contributed by atoms with Gasteiger partial charge < -0.3 is 5.11 Å². The zero-order valence-electron chi connectivity index (χ0n) is 18.7. The first kappa shape index (κ1) is 24.4. The summed E-state index contributed by atoms with van der Waals surface area (Å²) in [5.74, 6) is -1.24. The van der Waals surface area contributed by atoms with Gasteiger partial charge in [0.05, 0.1) is 10.5 Å². The van der Waals surface area contributed by atoms with Crippen molar-refractivity contribution in [2.45, 2.75) is 40.2 Å². The molecule has 3 rings (SSSR count). The average Bonchev–Trinajstić information content (AvgIpc) is 3.00. The first-order chi connectivity index (χ1) is 15.6. The molecule has 1 aromatic heterocycles. The van der Waals surface area contributed by atoms with E-state index in [2.05, 4.69) is 0 Å². The highest BCUT2D eigenvalue weighted by Crippen LogP contribution is 2.33. The number of hydrogen-bond donors (Lipinski definition) is 1. The number of hydrogen-bond acceptors (Lipinski definition) is 7. The largest absolute Gasteiger partial charge is 0.494 e. The van der Waals surface area contributed by atoms with Crippen molar-refractivity contribution in [1.82, 2.24) is 9.47 Å². The summed E-state index contributed by atoms with van der Waals surface area (Å²) >= 11 is 6.51. The average molecular weight is 482 g/mol. The molecular formula is C24H23N3O4S2. The normalized spacial score (nSPS) is 14.9. The molecule has 0 spiro atoms. The summed E-state index contributed by atoms with van der Waals surface area (Å²) in [6.45, 7) is 6.81. The molecule has 1 fully saturated rings. The molecular weight excluding hydrogens is 458 g/mol. The van der Waals surface area contributed by atoms with Gasteiger partial charge in [-0.25, -0.2) is 0 Å². The third kappa shape index (κ3) is 4.77. The van der Waals surface area contributed by atoms with Gasteiger partial charge in [0.2, 0.25) is 5.88 Å². The van der Waals surface area contributed by atoms with Crippen molar-refractivity contribution in [1.29, 1.82) is 5.26 Å². The van der Waals surface area contributed by atoms with E-state index in [0.29, 0.717) is 9.23 Å². The second-order valence-corrected chi connectivity index (χ2v) is 9.67. The Morgan fingerprint density at radius 1 is 1.24 bits per heavy atom. The Balaban J connectivity index is 1.84. The van der Waals surface area contributed by atoms with Crippen LogP contribution in [-0.4, -0.2) is 37.1 Å². The van der Waals surface area contributed by atoms with Crippen LogP contribution in [0.2, 0.25) is 0 Å². The summed E-state index contributed by atoms with van der Waals surface area (Å²) in [4.78, 5) is 40.2. The van der Waals surface area contributed by atoms with Crippen LogP contribution in [0.1, 0.15) is 58.9 Å². The van der Waals surface area contributed by atoms with Gasteiger partial charge >= 0.3 is 0 Å². The number of rotatable bonds is 6. The van der Waals surface area contributed by atoms with Gasteiger partial charge in [-0.2, -0.15) is 5.26 Å². The minimum atomic E-state index is -0.641. The van der Waals surface area contributed by atoms with Gasteiger partial charge in [-0.05, 0) is 44.9 Å². The summed E-state index contributed by atoms with van der Waals surface area (Å²) in [5, 5.41) is 20.1. The number of thiocarbonyl (C=S) groups is 1. The number of amides is 1. The van der Waals surface area contributed by atoms with Gasteiger partial charge in [0.25, 0.3) is 11.5 Å². The molecule has 0 bridgehead atoms.